The van der Waals surface area contributed by atoms with Gasteiger partial charge in [0, 0.05) is 23.7 Å². The number of fused-ring (bicyclic) bond motifs is 1. The Balaban J connectivity index is 2.95. The van der Waals surface area contributed by atoms with Crippen LogP contribution in [0.2, 0.25) is 0 Å². The highest BCUT2D eigenvalue weighted by Gasteiger charge is 2.09. The summed E-state index contributed by atoms with van der Waals surface area (Å²) in [5, 5.41) is 1.04. The number of aryl methyl sites for hydroxylation is 2. The third kappa shape index (κ3) is 1.78. The van der Waals surface area contributed by atoms with Gasteiger partial charge in [-0.1, -0.05) is 6.08 Å². The lowest BCUT2D eigenvalue weighted by Gasteiger charge is -2.12. The van der Waals surface area contributed by atoms with Crippen molar-refractivity contribution in [2.45, 2.75) is 27.3 Å². The normalized spacial score (nSPS) is 10.8. The number of rotatable bonds is 2. The molecule has 0 N–H and O–H groups in total. The van der Waals surface area contributed by atoms with Crippen LogP contribution >= 0.6 is 0 Å². The van der Waals surface area contributed by atoms with Gasteiger partial charge in [-0.15, -0.1) is 6.58 Å². The highest BCUT2D eigenvalue weighted by atomic mass is 16.1. The maximum absolute atomic E-state index is 11.8. The molecule has 0 bridgehead atoms. The number of pyridine rings is 2. The van der Waals surface area contributed by atoms with Crippen molar-refractivity contribution in [1.82, 2.24) is 9.55 Å². The van der Waals surface area contributed by atoms with Gasteiger partial charge < -0.3 is 0 Å². The van der Waals surface area contributed by atoms with Crippen LogP contribution in [-0.2, 0) is 6.54 Å². The first-order valence-corrected chi connectivity index (χ1v) is 5.64. The van der Waals surface area contributed by atoms with Crippen LogP contribution in [0, 0.1) is 20.8 Å². The lowest BCUT2D eigenvalue weighted by atomic mass is 10.1. The highest BCUT2D eigenvalue weighted by Crippen LogP contribution is 2.20. The van der Waals surface area contributed by atoms with Gasteiger partial charge >= 0.3 is 0 Å². The van der Waals surface area contributed by atoms with Crippen LogP contribution < -0.4 is 5.56 Å². The van der Waals surface area contributed by atoms with Gasteiger partial charge in [0.2, 0.25) is 0 Å². The summed E-state index contributed by atoms with van der Waals surface area (Å²) in [6.45, 7) is 10.3. The Bertz CT molecular complexity index is 653. The minimum atomic E-state index is -0.0347. The zero-order valence-corrected chi connectivity index (χ0v) is 10.4. The molecule has 2 aromatic rings. The van der Waals surface area contributed by atoms with E-state index in [-0.39, 0.29) is 5.56 Å². The van der Waals surface area contributed by atoms with E-state index in [1.807, 2.05) is 13.0 Å². The van der Waals surface area contributed by atoms with E-state index in [1.54, 1.807) is 16.7 Å². The first-order chi connectivity index (χ1) is 8.06. The highest BCUT2D eigenvalue weighted by molar-refractivity contribution is 5.80. The molecule has 2 rings (SSSR count). The number of hydrogen-bond donors (Lipinski definition) is 0. The van der Waals surface area contributed by atoms with Crippen molar-refractivity contribution in [3.63, 3.8) is 0 Å². The molecular formula is C14H16N2O. The van der Waals surface area contributed by atoms with Gasteiger partial charge in [-0.05, 0) is 38.0 Å². The number of allylic oxidation sites excluding steroid dienone is 1. The summed E-state index contributed by atoms with van der Waals surface area (Å²) in [5.41, 5.74) is 4.05. The second kappa shape index (κ2) is 4.17. The van der Waals surface area contributed by atoms with E-state index >= 15 is 0 Å². The summed E-state index contributed by atoms with van der Waals surface area (Å²) in [6.07, 6.45) is 1.72. The summed E-state index contributed by atoms with van der Waals surface area (Å²) in [7, 11) is 0. The summed E-state index contributed by atoms with van der Waals surface area (Å²) in [4.78, 5) is 16.3. The molecule has 0 atom stereocenters. The van der Waals surface area contributed by atoms with Gasteiger partial charge in [-0.25, -0.2) is 4.98 Å². The smallest absolute Gasteiger partial charge is 0.252 e. The SMILES string of the molecule is C=CCn1c(=O)ccc2c(C)c(C)c(C)nc21. The Hall–Kier alpha value is -1.90. The van der Waals surface area contributed by atoms with E-state index in [2.05, 4.69) is 25.4 Å². The lowest BCUT2D eigenvalue weighted by molar-refractivity contribution is 0.802. The van der Waals surface area contributed by atoms with Crippen molar-refractivity contribution in [2.75, 3.05) is 0 Å². The zero-order valence-electron chi connectivity index (χ0n) is 10.4. The summed E-state index contributed by atoms with van der Waals surface area (Å²) >= 11 is 0. The predicted octanol–water partition coefficient (Wildman–Crippen LogP) is 2.51. The maximum Gasteiger partial charge on any atom is 0.252 e. The van der Waals surface area contributed by atoms with E-state index in [0.29, 0.717) is 6.54 Å². The molecule has 0 amide bonds. The molecule has 0 aliphatic carbocycles. The quantitative estimate of drug-likeness (QED) is 0.740. The molecule has 0 spiro atoms. The molecule has 17 heavy (non-hydrogen) atoms. The molecule has 0 unspecified atom stereocenters. The Morgan fingerprint density at radius 1 is 1.29 bits per heavy atom. The second-order valence-electron chi connectivity index (χ2n) is 4.26. The second-order valence-corrected chi connectivity index (χ2v) is 4.26. The van der Waals surface area contributed by atoms with Gasteiger partial charge in [-0.2, -0.15) is 0 Å². The average molecular weight is 228 g/mol. The molecule has 3 nitrogen and oxygen atoms in total. The Morgan fingerprint density at radius 2 is 2.00 bits per heavy atom. The van der Waals surface area contributed by atoms with Crippen molar-refractivity contribution < 1.29 is 0 Å². The van der Waals surface area contributed by atoms with Crippen molar-refractivity contribution in [1.29, 1.82) is 0 Å². The zero-order chi connectivity index (χ0) is 12.6. The molecule has 0 saturated heterocycles. The monoisotopic (exact) mass is 228 g/mol. The van der Waals surface area contributed by atoms with Gasteiger partial charge in [0.05, 0.1) is 0 Å². The van der Waals surface area contributed by atoms with Gasteiger partial charge in [0.15, 0.2) is 0 Å². The molecule has 2 heterocycles. The van der Waals surface area contributed by atoms with E-state index in [4.69, 9.17) is 0 Å². The third-order valence-corrected chi connectivity index (χ3v) is 3.25. The first-order valence-electron chi connectivity index (χ1n) is 5.64. The fourth-order valence-electron chi connectivity index (χ4n) is 2.00. The minimum Gasteiger partial charge on any atom is -0.289 e. The Kier molecular flexibility index (Phi) is 2.84. The largest absolute Gasteiger partial charge is 0.289 e. The molecule has 0 radical (unpaired) electrons. The number of aromatic nitrogens is 2. The van der Waals surface area contributed by atoms with Gasteiger partial charge in [0.1, 0.15) is 5.65 Å². The fraction of sp³-hybridized carbons (Fsp3) is 0.286. The molecule has 0 aliphatic heterocycles. The summed E-state index contributed by atoms with van der Waals surface area (Å²) < 4.78 is 1.65. The molecule has 0 saturated carbocycles. The van der Waals surface area contributed by atoms with Crippen molar-refractivity contribution in [2.24, 2.45) is 0 Å². The van der Waals surface area contributed by atoms with Crippen LogP contribution in [0.1, 0.15) is 16.8 Å². The van der Waals surface area contributed by atoms with E-state index in [0.717, 1.165) is 16.7 Å². The Labute approximate surface area is 100 Å². The van der Waals surface area contributed by atoms with E-state index in [1.165, 1.54) is 11.1 Å². The molecule has 2 aromatic heterocycles. The number of nitrogens with zero attached hydrogens (tertiary/aromatic N) is 2. The van der Waals surface area contributed by atoms with Crippen LogP contribution in [0.25, 0.3) is 11.0 Å². The van der Waals surface area contributed by atoms with Crippen LogP contribution in [0.5, 0.6) is 0 Å². The van der Waals surface area contributed by atoms with Crippen molar-refractivity contribution in [3.8, 4) is 0 Å². The topological polar surface area (TPSA) is 34.9 Å². The minimum absolute atomic E-state index is 0.0347. The third-order valence-electron chi connectivity index (χ3n) is 3.25. The Morgan fingerprint density at radius 3 is 2.65 bits per heavy atom. The van der Waals surface area contributed by atoms with Crippen LogP contribution in [-0.4, -0.2) is 9.55 Å². The summed E-state index contributed by atoms with van der Waals surface area (Å²) in [6, 6.07) is 3.45. The molecule has 0 aromatic carbocycles. The maximum atomic E-state index is 11.8. The molecule has 0 fully saturated rings. The predicted molar refractivity (Wildman–Crippen MR) is 70.4 cm³/mol. The summed E-state index contributed by atoms with van der Waals surface area (Å²) in [5.74, 6) is 0. The fourth-order valence-corrected chi connectivity index (χ4v) is 2.00. The van der Waals surface area contributed by atoms with Crippen LogP contribution in [0.4, 0.5) is 0 Å². The molecular weight excluding hydrogens is 212 g/mol. The molecule has 0 aliphatic rings. The molecule has 88 valence electrons. The van der Waals surface area contributed by atoms with Gasteiger partial charge in [0.25, 0.3) is 5.56 Å². The van der Waals surface area contributed by atoms with Crippen LogP contribution in [0.3, 0.4) is 0 Å². The lowest BCUT2D eigenvalue weighted by Crippen LogP contribution is -2.20. The van der Waals surface area contributed by atoms with Gasteiger partial charge in [-0.3, -0.25) is 9.36 Å². The van der Waals surface area contributed by atoms with E-state index in [9.17, 15) is 4.79 Å². The van der Waals surface area contributed by atoms with Crippen molar-refractivity contribution in [3.05, 3.63) is 52.0 Å². The van der Waals surface area contributed by atoms with Crippen molar-refractivity contribution >= 4 is 11.0 Å². The number of hydrogen-bond acceptors (Lipinski definition) is 2. The van der Waals surface area contributed by atoms with E-state index < -0.39 is 0 Å². The standard InChI is InChI=1S/C14H16N2O/c1-5-8-16-13(17)7-6-12-10(3)9(2)11(4)15-14(12)16/h5-7H,1,8H2,2-4H3. The first kappa shape index (κ1) is 11.6. The molecule has 3 heteroatoms. The van der Waals surface area contributed by atoms with Crippen LogP contribution in [0.15, 0.2) is 29.6 Å². The average Bonchev–Trinajstić information content (AvgIpc) is 2.30.